The Bertz CT molecular complexity index is 834. The van der Waals surface area contributed by atoms with Crippen LogP contribution in [0.2, 0.25) is 0 Å². The zero-order chi connectivity index (χ0) is 17.8. The lowest BCUT2D eigenvalue weighted by atomic mass is 10.2. The molecule has 4 heterocycles. The maximum atomic E-state index is 5.92. The minimum Gasteiger partial charge on any atom is -0.369 e. The standard InChI is InChI=1S/C19H22N6O/c1-14-3-2-6-22-19(14)24-15-4-5-16(23-11-15)17-12-25(9-10-26-17)13-18-20-7-8-21-18/h2-8,11,17H,9-10,12-13H2,1H3,(H,20,21)(H,22,24). The van der Waals surface area contributed by atoms with Crippen LogP contribution in [0, 0.1) is 6.92 Å². The number of aryl methyl sites for hydroxylation is 1. The normalized spacial score (nSPS) is 18.0. The molecule has 1 aliphatic heterocycles. The second-order valence-corrected chi connectivity index (χ2v) is 6.40. The van der Waals surface area contributed by atoms with Gasteiger partial charge < -0.3 is 15.0 Å². The average Bonchev–Trinajstić information content (AvgIpc) is 3.17. The summed E-state index contributed by atoms with van der Waals surface area (Å²) in [6.45, 7) is 5.22. The Kier molecular flexibility index (Phi) is 4.90. The first-order valence-corrected chi connectivity index (χ1v) is 8.75. The zero-order valence-corrected chi connectivity index (χ0v) is 14.7. The first-order chi connectivity index (χ1) is 12.8. The Balaban J connectivity index is 1.40. The van der Waals surface area contributed by atoms with E-state index in [-0.39, 0.29) is 6.10 Å². The molecule has 1 aliphatic rings. The van der Waals surface area contributed by atoms with Gasteiger partial charge in [0.1, 0.15) is 17.7 Å². The number of aromatic nitrogens is 4. The Morgan fingerprint density at radius 3 is 2.96 bits per heavy atom. The van der Waals surface area contributed by atoms with E-state index in [0.717, 1.165) is 48.2 Å². The molecule has 0 saturated carbocycles. The number of ether oxygens (including phenoxy) is 1. The third-order valence-corrected chi connectivity index (χ3v) is 4.47. The number of rotatable bonds is 5. The summed E-state index contributed by atoms with van der Waals surface area (Å²) in [6, 6.07) is 7.99. The Morgan fingerprint density at radius 2 is 2.19 bits per heavy atom. The van der Waals surface area contributed by atoms with Crippen molar-refractivity contribution in [2.45, 2.75) is 19.6 Å². The summed E-state index contributed by atoms with van der Waals surface area (Å²) in [7, 11) is 0. The molecule has 134 valence electrons. The van der Waals surface area contributed by atoms with Gasteiger partial charge in [-0.2, -0.15) is 0 Å². The van der Waals surface area contributed by atoms with Crippen LogP contribution in [-0.2, 0) is 11.3 Å². The highest BCUT2D eigenvalue weighted by Gasteiger charge is 2.23. The van der Waals surface area contributed by atoms with Gasteiger partial charge in [0, 0.05) is 31.7 Å². The van der Waals surface area contributed by atoms with Crippen molar-refractivity contribution < 1.29 is 4.74 Å². The first-order valence-electron chi connectivity index (χ1n) is 8.75. The van der Waals surface area contributed by atoms with Crippen molar-refractivity contribution >= 4 is 11.5 Å². The van der Waals surface area contributed by atoms with Gasteiger partial charge >= 0.3 is 0 Å². The van der Waals surface area contributed by atoms with Crippen LogP contribution in [0.4, 0.5) is 11.5 Å². The van der Waals surface area contributed by atoms with Crippen LogP contribution in [-0.4, -0.2) is 44.5 Å². The highest BCUT2D eigenvalue weighted by atomic mass is 16.5. The molecule has 7 nitrogen and oxygen atoms in total. The van der Waals surface area contributed by atoms with E-state index >= 15 is 0 Å². The molecule has 1 fully saturated rings. The van der Waals surface area contributed by atoms with Crippen LogP contribution >= 0.6 is 0 Å². The average molecular weight is 350 g/mol. The number of aromatic amines is 1. The maximum absolute atomic E-state index is 5.92. The van der Waals surface area contributed by atoms with Crippen molar-refractivity contribution in [3.8, 4) is 0 Å². The molecule has 3 aromatic heterocycles. The van der Waals surface area contributed by atoms with Crippen LogP contribution in [0.5, 0.6) is 0 Å². The predicted molar refractivity (Wildman–Crippen MR) is 99.1 cm³/mol. The Morgan fingerprint density at radius 1 is 1.23 bits per heavy atom. The van der Waals surface area contributed by atoms with Crippen molar-refractivity contribution in [3.05, 3.63) is 66.1 Å². The van der Waals surface area contributed by atoms with E-state index in [1.54, 1.807) is 12.4 Å². The predicted octanol–water partition coefficient (Wildman–Crippen LogP) is 2.83. The van der Waals surface area contributed by atoms with Gasteiger partial charge in [0.15, 0.2) is 0 Å². The molecular formula is C19H22N6O. The fraction of sp³-hybridized carbons (Fsp3) is 0.316. The number of nitrogens with zero attached hydrogens (tertiary/aromatic N) is 4. The smallest absolute Gasteiger partial charge is 0.133 e. The molecule has 1 atom stereocenters. The van der Waals surface area contributed by atoms with Crippen LogP contribution in [0.15, 0.2) is 49.1 Å². The molecule has 3 aromatic rings. The Hall–Kier alpha value is -2.77. The fourth-order valence-corrected chi connectivity index (χ4v) is 3.04. The summed E-state index contributed by atoms with van der Waals surface area (Å²) in [5, 5.41) is 3.30. The summed E-state index contributed by atoms with van der Waals surface area (Å²) in [6.07, 6.45) is 7.22. The summed E-state index contributed by atoms with van der Waals surface area (Å²) in [5.74, 6) is 1.82. The second-order valence-electron chi connectivity index (χ2n) is 6.40. The number of nitrogens with one attached hydrogen (secondary N) is 2. The van der Waals surface area contributed by atoms with E-state index in [1.165, 1.54) is 0 Å². The van der Waals surface area contributed by atoms with Gasteiger partial charge in [0.25, 0.3) is 0 Å². The van der Waals surface area contributed by atoms with Gasteiger partial charge in [-0.25, -0.2) is 9.97 Å². The van der Waals surface area contributed by atoms with Crippen LogP contribution in [0.3, 0.4) is 0 Å². The zero-order valence-electron chi connectivity index (χ0n) is 14.7. The van der Waals surface area contributed by atoms with Gasteiger partial charge in [0.05, 0.1) is 30.7 Å². The molecule has 7 heteroatoms. The fourth-order valence-electron chi connectivity index (χ4n) is 3.04. The van der Waals surface area contributed by atoms with Crippen LogP contribution in [0.1, 0.15) is 23.2 Å². The third kappa shape index (κ3) is 3.89. The van der Waals surface area contributed by atoms with Gasteiger partial charge in [-0.15, -0.1) is 0 Å². The second kappa shape index (κ2) is 7.63. The number of H-pyrrole nitrogens is 1. The Labute approximate surface area is 152 Å². The number of hydrogen-bond acceptors (Lipinski definition) is 6. The van der Waals surface area contributed by atoms with Crippen molar-refractivity contribution in [2.24, 2.45) is 0 Å². The SMILES string of the molecule is Cc1cccnc1Nc1ccc(C2CN(Cc3ncc[nH]3)CCO2)nc1. The largest absolute Gasteiger partial charge is 0.369 e. The number of anilines is 2. The summed E-state index contributed by atoms with van der Waals surface area (Å²) in [5.41, 5.74) is 2.96. The number of imidazole rings is 1. The molecule has 0 radical (unpaired) electrons. The minimum absolute atomic E-state index is 0.0238. The molecule has 2 N–H and O–H groups in total. The first kappa shape index (κ1) is 16.7. The molecular weight excluding hydrogens is 328 g/mol. The van der Waals surface area contributed by atoms with Crippen molar-refractivity contribution in [2.75, 3.05) is 25.0 Å². The van der Waals surface area contributed by atoms with Gasteiger partial charge in [-0.05, 0) is 30.7 Å². The lowest BCUT2D eigenvalue weighted by Gasteiger charge is -2.32. The number of morpholine rings is 1. The molecule has 0 bridgehead atoms. The number of pyridine rings is 2. The molecule has 4 rings (SSSR count). The quantitative estimate of drug-likeness (QED) is 0.737. The van der Waals surface area contributed by atoms with Crippen molar-refractivity contribution in [1.82, 2.24) is 24.8 Å². The molecule has 0 amide bonds. The molecule has 0 aromatic carbocycles. The van der Waals surface area contributed by atoms with E-state index in [2.05, 4.69) is 30.2 Å². The van der Waals surface area contributed by atoms with Crippen LogP contribution in [0.25, 0.3) is 0 Å². The monoisotopic (exact) mass is 350 g/mol. The number of hydrogen-bond donors (Lipinski definition) is 2. The third-order valence-electron chi connectivity index (χ3n) is 4.47. The lowest BCUT2D eigenvalue weighted by molar-refractivity contribution is -0.0356. The topological polar surface area (TPSA) is 79.0 Å². The van der Waals surface area contributed by atoms with E-state index in [1.807, 2.05) is 43.6 Å². The molecule has 1 saturated heterocycles. The van der Waals surface area contributed by atoms with Crippen LogP contribution < -0.4 is 5.32 Å². The van der Waals surface area contributed by atoms with Gasteiger partial charge in [-0.1, -0.05) is 6.07 Å². The van der Waals surface area contributed by atoms with Crippen molar-refractivity contribution in [3.63, 3.8) is 0 Å². The van der Waals surface area contributed by atoms with E-state index < -0.39 is 0 Å². The summed E-state index contributed by atoms with van der Waals surface area (Å²) in [4.78, 5) is 18.7. The maximum Gasteiger partial charge on any atom is 0.133 e. The van der Waals surface area contributed by atoms with Gasteiger partial charge in [-0.3, -0.25) is 9.88 Å². The van der Waals surface area contributed by atoms with E-state index in [0.29, 0.717) is 6.61 Å². The highest BCUT2D eigenvalue weighted by molar-refractivity contribution is 5.57. The van der Waals surface area contributed by atoms with Crippen molar-refractivity contribution in [1.29, 1.82) is 0 Å². The minimum atomic E-state index is -0.0238. The highest BCUT2D eigenvalue weighted by Crippen LogP contribution is 2.23. The molecule has 0 spiro atoms. The summed E-state index contributed by atoms with van der Waals surface area (Å²) < 4.78 is 5.92. The van der Waals surface area contributed by atoms with E-state index in [9.17, 15) is 0 Å². The van der Waals surface area contributed by atoms with E-state index in [4.69, 9.17) is 4.74 Å². The molecule has 1 unspecified atom stereocenters. The van der Waals surface area contributed by atoms with Gasteiger partial charge in [0.2, 0.25) is 0 Å². The molecule has 0 aliphatic carbocycles. The molecule has 26 heavy (non-hydrogen) atoms. The summed E-state index contributed by atoms with van der Waals surface area (Å²) >= 11 is 0. The lowest BCUT2D eigenvalue weighted by Crippen LogP contribution is -2.38.